The minimum Gasteiger partial charge on any atom is -0.465 e. The Morgan fingerprint density at radius 2 is 1.91 bits per heavy atom. The number of hydrogen-bond acceptors (Lipinski definition) is 3. The number of rotatable bonds is 3. The van der Waals surface area contributed by atoms with Gasteiger partial charge in [-0.2, -0.15) is 0 Å². The third-order valence-corrected chi connectivity index (χ3v) is 5.10. The highest BCUT2D eigenvalue weighted by molar-refractivity contribution is 7.19. The van der Waals surface area contributed by atoms with Crippen molar-refractivity contribution in [2.75, 3.05) is 7.11 Å². The van der Waals surface area contributed by atoms with Crippen LogP contribution in [0.15, 0.2) is 60.8 Å². The van der Waals surface area contributed by atoms with Crippen molar-refractivity contribution in [3.63, 3.8) is 0 Å². The van der Waals surface area contributed by atoms with Crippen LogP contribution in [0.2, 0.25) is 0 Å². The smallest absolute Gasteiger partial charge is 0.340 e. The fourth-order valence-electron chi connectivity index (χ4n) is 2.95. The summed E-state index contributed by atoms with van der Waals surface area (Å²) in [5, 5.41) is 2.31. The van der Waals surface area contributed by atoms with Gasteiger partial charge in [-0.1, -0.05) is 30.3 Å². The number of ether oxygens (including phenoxy) is 1. The first-order valence-electron chi connectivity index (χ1n) is 7.40. The highest BCUT2D eigenvalue weighted by Crippen LogP contribution is 2.28. The van der Waals surface area contributed by atoms with Gasteiger partial charge in [0.25, 0.3) is 0 Å². The second kappa shape index (κ2) is 5.56. The van der Waals surface area contributed by atoms with Crippen LogP contribution in [0.3, 0.4) is 0 Å². The first-order valence-corrected chi connectivity index (χ1v) is 8.21. The third-order valence-electron chi connectivity index (χ3n) is 4.00. The molecule has 0 aliphatic heterocycles. The number of para-hydroxylation sites is 1. The van der Waals surface area contributed by atoms with Gasteiger partial charge in [0, 0.05) is 21.2 Å². The van der Waals surface area contributed by atoms with Gasteiger partial charge in [0.05, 0.1) is 24.7 Å². The lowest BCUT2D eigenvalue weighted by Gasteiger charge is -2.07. The van der Waals surface area contributed by atoms with Crippen molar-refractivity contribution in [3.8, 4) is 0 Å². The number of esters is 1. The van der Waals surface area contributed by atoms with Crippen molar-refractivity contribution in [1.29, 1.82) is 0 Å². The van der Waals surface area contributed by atoms with Crippen LogP contribution in [0.25, 0.3) is 21.0 Å². The molecule has 2 heterocycles. The number of hydrogen-bond donors (Lipinski definition) is 0. The molecule has 0 radical (unpaired) electrons. The standard InChI is InChI=1S/C19H15NO2S/c1-22-19(21)16-7-4-6-13-9-10-20(18(13)16)12-15-11-14-5-2-3-8-17(14)23-15/h2-11H,12H2,1H3. The minimum absolute atomic E-state index is 0.299. The number of aromatic nitrogens is 1. The average Bonchev–Trinajstić information content (AvgIpc) is 3.18. The first kappa shape index (κ1) is 14.0. The number of carbonyl (C=O) groups is 1. The highest BCUT2D eigenvalue weighted by Gasteiger charge is 2.14. The molecule has 0 amide bonds. The summed E-state index contributed by atoms with van der Waals surface area (Å²) in [5.41, 5.74) is 1.54. The van der Waals surface area contributed by atoms with Gasteiger partial charge in [-0.25, -0.2) is 4.79 Å². The number of carbonyl (C=O) groups excluding carboxylic acids is 1. The Balaban J connectivity index is 1.81. The Morgan fingerprint density at radius 3 is 2.74 bits per heavy atom. The van der Waals surface area contributed by atoms with Crippen LogP contribution in [0.5, 0.6) is 0 Å². The minimum atomic E-state index is -0.299. The van der Waals surface area contributed by atoms with Gasteiger partial charge >= 0.3 is 5.97 Å². The monoisotopic (exact) mass is 321 g/mol. The lowest BCUT2D eigenvalue weighted by Crippen LogP contribution is -2.05. The van der Waals surface area contributed by atoms with Crippen molar-refractivity contribution in [2.45, 2.75) is 6.54 Å². The Kier molecular flexibility index (Phi) is 3.39. The van der Waals surface area contributed by atoms with Crippen LogP contribution >= 0.6 is 11.3 Å². The molecule has 0 saturated heterocycles. The number of thiophene rings is 1. The summed E-state index contributed by atoms with van der Waals surface area (Å²) < 4.78 is 8.32. The lowest BCUT2D eigenvalue weighted by molar-refractivity contribution is 0.0602. The van der Waals surface area contributed by atoms with Gasteiger partial charge in [-0.3, -0.25) is 0 Å². The van der Waals surface area contributed by atoms with Gasteiger partial charge in [-0.05, 0) is 29.7 Å². The Morgan fingerprint density at radius 1 is 1.09 bits per heavy atom. The van der Waals surface area contributed by atoms with Crippen LogP contribution in [-0.4, -0.2) is 17.6 Å². The van der Waals surface area contributed by atoms with Crippen molar-refractivity contribution in [2.24, 2.45) is 0 Å². The summed E-state index contributed by atoms with van der Waals surface area (Å²) in [6.45, 7) is 0.747. The van der Waals surface area contributed by atoms with E-state index < -0.39 is 0 Å². The molecule has 23 heavy (non-hydrogen) atoms. The topological polar surface area (TPSA) is 31.2 Å². The second-order valence-corrected chi connectivity index (χ2v) is 6.60. The Hall–Kier alpha value is -2.59. The average molecular weight is 321 g/mol. The van der Waals surface area contributed by atoms with Crippen molar-refractivity contribution in [1.82, 2.24) is 4.57 Å². The maximum atomic E-state index is 12.0. The number of nitrogens with zero attached hydrogens (tertiary/aromatic N) is 1. The number of benzene rings is 2. The summed E-state index contributed by atoms with van der Waals surface area (Å²) in [6, 6.07) is 18.3. The molecule has 0 spiro atoms. The first-order chi connectivity index (χ1) is 11.3. The second-order valence-electron chi connectivity index (χ2n) is 5.43. The van der Waals surface area contributed by atoms with E-state index in [1.807, 2.05) is 30.5 Å². The fraction of sp³-hybridized carbons (Fsp3) is 0.105. The molecule has 114 valence electrons. The maximum Gasteiger partial charge on any atom is 0.340 e. The molecule has 4 rings (SSSR count). The molecule has 2 aromatic heterocycles. The summed E-state index contributed by atoms with van der Waals surface area (Å²) in [4.78, 5) is 13.3. The Bertz CT molecular complexity index is 979. The fourth-order valence-corrected chi connectivity index (χ4v) is 4.01. The molecular weight excluding hydrogens is 306 g/mol. The Labute approximate surface area is 137 Å². The van der Waals surface area contributed by atoms with Crippen LogP contribution < -0.4 is 0 Å². The zero-order valence-corrected chi connectivity index (χ0v) is 13.5. The zero-order valence-electron chi connectivity index (χ0n) is 12.7. The zero-order chi connectivity index (χ0) is 15.8. The van der Waals surface area contributed by atoms with Gasteiger partial charge < -0.3 is 9.30 Å². The SMILES string of the molecule is COC(=O)c1cccc2ccn(Cc3cc4ccccc4s3)c12. The molecule has 0 aliphatic carbocycles. The molecule has 0 saturated carbocycles. The molecular formula is C19H15NO2S. The number of methoxy groups -OCH3 is 1. The van der Waals surface area contributed by atoms with Crippen molar-refractivity contribution < 1.29 is 9.53 Å². The summed E-state index contributed by atoms with van der Waals surface area (Å²) >= 11 is 1.79. The molecule has 0 atom stereocenters. The molecule has 3 nitrogen and oxygen atoms in total. The molecule has 0 bridgehead atoms. The maximum absolute atomic E-state index is 12.0. The van der Waals surface area contributed by atoms with E-state index in [4.69, 9.17) is 4.74 Å². The van der Waals surface area contributed by atoms with Crippen LogP contribution in [-0.2, 0) is 11.3 Å². The van der Waals surface area contributed by atoms with E-state index >= 15 is 0 Å². The molecule has 2 aromatic carbocycles. The van der Waals surface area contributed by atoms with Crippen LogP contribution in [0.1, 0.15) is 15.2 Å². The largest absolute Gasteiger partial charge is 0.465 e. The molecule has 0 fully saturated rings. The summed E-state index contributed by atoms with van der Waals surface area (Å²) in [6.07, 6.45) is 2.03. The van der Waals surface area contributed by atoms with Gasteiger partial charge in [0.1, 0.15) is 0 Å². The normalized spacial score (nSPS) is 11.2. The van der Waals surface area contributed by atoms with Gasteiger partial charge in [-0.15, -0.1) is 11.3 Å². The van der Waals surface area contributed by atoms with Crippen LogP contribution in [0.4, 0.5) is 0 Å². The van der Waals surface area contributed by atoms with E-state index in [1.54, 1.807) is 11.3 Å². The predicted octanol–water partition coefficient (Wildman–Crippen LogP) is 4.69. The van der Waals surface area contributed by atoms with Crippen LogP contribution in [0, 0.1) is 0 Å². The summed E-state index contributed by atoms with van der Waals surface area (Å²) in [5.74, 6) is -0.299. The van der Waals surface area contributed by atoms with Crippen molar-refractivity contribution in [3.05, 3.63) is 71.2 Å². The molecule has 4 heteroatoms. The van der Waals surface area contributed by atoms with E-state index in [1.165, 1.54) is 22.1 Å². The highest BCUT2D eigenvalue weighted by atomic mass is 32.1. The van der Waals surface area contributed by atoms with E-state index in [-0.39, 0.29) is 5.97 Å². The van der Waals surface area contributed by atoms with Crippen molar-refractivity contribution >= 4 is 38.3 Å². The van der Waals surface area contributed by atoms with E-state index in [0.717, 1.165) is 17.4 Å². The lowest BCUT2D eigenvalue weighted by atomic mass is 10.1. The van der Waals surface area contributed by atoms with E-state index in [2.05, 4.69) is 34.9 Å². The quantitative estimate of drug-likeness (QED) is 0.513. The molecule has 0 N–H and O–H groups in total. The van der Waals surface area contributed by atoms with Gasteiger partial charge in [0.15, 0.2) is 0 Å². The molecule has 0 unspecified atom stereocenters. The van der Waals surface area contributed by atoms with E-state index in [0.29, 0.717) is 5.56 Å². The predicted molar refractivity (Wildman–Crippen MR) is 94.2 cm³/mol. The van der Waals surface area contributed by atoms with E-state index in [9.17, 15) is 4.79 Å². The molecule has 0 aliphatic rings. The number of fused-ring (bicyclic) bond motifs is 2. The van der Waals surface area contributed by atoms with Gasteiger partial charge in [0.2, 0.25) is 0 Å². The summed E-state index contributed by atoms with van der Waals surface area (Å²) in [7, 11) is 1.42. The molecule has 4 aromatic rings. The third kappa shape index (κ3) is 2.41.